The number of halogens is 2. The maximum Gasteiger partial charge on any atom is 0.146 e. The Morgan fingerprint density at radius 2 is 1.96 bits per heavy atom. The molecule has 1 aromatic carbocycles. The van der Waals surface area contributed by atoms with Gasteiger partial charge in [0.25, 0.3) is 0 Å². The molecule has 1 N–H and O–H groups in total. The maximum absolute atomic E-state index is 6.43. The molecule has 2 aromatic heterocycles. The molecule has 0 amide bonds. The van der Waals surface area contributed by atoms with Crippen LogP contribution in [0.4, 0.5) is 5.82 Å². The van der Waals surface area contributed by atoms with Crippen molar-refractivity contribution in [1.82, 2.24) is 14.8 Å². The summed E-state index contributed by atoms with van der Waals surface area (Å²) in [7, 11) is 0. The highest BCUT2D eigenvalue weighted by atomic mass is 35.5. The van der Waals surface area contributed by atoms with Crippen LogP contribution in [0.15, 0.2) is 53.8 Å². The van der Waals surface area contributed by atoms with Crippen molar-refractivity contribution < 1.29 is 0 Å². The molecule has 3 aromatic rings. The fraction of sp³-hybridized carbons (Fsp3) is 0.118. The second-order valence-corrected chi connectivity index (χ2v) is 5.95. The molecular formula is C17H15Cl2N5. The summed E-state index contributed by atoms with van der Waals surface area (Å²) in [4.78, 5) is 4.13. The van der Waals surface area contributed by atoms with E-state index < -0.39 is 0 Å². The summed E-state index contributed by atoms with van der Waals surface area (Å²) in [5.41, 5.74) is 5.51. The highest BCUT2D eigenvalue weighted by Gasteiger charge is 2.12. The molecule has 0 saturated heterocycles. The fourth-order valence-electron chi connectivity index (χ4n) is 2.17. The van der Waals surface area contributed by atoms with Gasteiger partial charge in [-0.15, -0.1) is 0 Å². The largest absolute Gasteiger partial charge is 0.261 e. The van der Waals surface area contributed by atoms with Crippen LogP contribution >= 0.6 is 23.2 Å². The van der Waals surface area contributed by atoms with Gasteiger partial charge in [-0.1, -0.05) is 41.4 Å². The smallest absolute Gasteiger partial charge is 0.146 e. The normalized spacial score (nSPS) is 11.1. The number of aromatic nitrogens is 3. The van der Waals surface area contributed by atoms with E-state index in [1.54, 1.807) is 17.1 Å². The van der Waals surface area contributed by atoms with E-state index in [9.17, 15) is 0 Å². The minimum atomic E-state index is 0.536. The first kappa shape index (κ1) is 16.5. The van der Waals surface area contributed by atoms with Crippen molar-refractivity contribution in [2.24, 2.45) is 5.10 Å². The SMILES string of the molecule is Cc1nn(Cc2ccc(Cl)cc2)c(Cl)c1/C=N/Nc1ccccn1. The van der Waals surface area contributed by atoms with Crippen LogP contribution in [0.25, 0.3) is 0 Å². The molecule has 0 bridgehead atoms. The van der Waals surface area contributed by atoms with Gasteiger partial charge >= 0.3 is 0 Å². The quantitative estimate of drug-likeness (QED) is 0.542. The predicted molar refractivity (Wildman–Crippen MR) is 98.0 cm³/mol. The first-order chi connectivity index (χ1) is 11.6. The van der Waals surface area contributed by atoms with Gasteiger partial charge in [0.2, 0.25) is 0 Å². The number of aryl methyl sites for hydroxylation is 1. The van der Waals surface area contributed by atoms with E-state index in [-0.39, 0.29) is 0 Å². The van der Waals surface area contributed by atoms with Crippen LogP contribution in [-0.4, -0.2) is 21.0 Å². The van der Waals surface area contributed by atoms with E-state index in [1.807, 2.05) is 49.4 Å². The van der Waals surface area contributed by atoms with Gasteiger partial charge in [-0.3, -0.25) is 5.43 Å². The van der Waals surface area contributed by atoms with Crippen molar-refractivity contribution in [1.29, 1.82) is 0 Å². The Balaban J connectivity index is 1.75. The van der Waals surface area contributed by atoms with Crippen LogP contribution in [0.2, 0.25) is 10.2 Å². The zero-order valence-corrected chi connectivity index (χ0v) is 14.5. The van der Waals surface area contributed by atoms with Crippen LogP contribution in [0, 0.1) is 6.92 Å². The molecule has 0 spiro atoms. The number of hydrazone groups is 1. The van der Waals surface area contributed by atoms with Crippen LogP contribution < -0.4 is 5.43 Å². The van der Waals surface area contributed by atoms with Gasteiger partial charge in [0.15, 0.2) is 0 Å². The van der Waals surface area contributed by atoms with Crippen molar-refractivity contribution in [2.45, 2.75) is 13.5 Å². The number of rotatable bonds is 5. The molecule has 0 aliphatic rings. The number of nitrogens with one attached hydrogen (secondary N) is 1. The van der Waals surface area contributed by atoms with Crippen LogP contribution in [0.1, 0.15) is 16.8 Å². The number of pyridine rings is 1. The molecule has 0 saturated carbocycles. The number of hydrogen-bond donors (Lipinski definition) is 1. The van der Waals surface area contributed by atoms with Crippen LogP contribution in [0.5, 0.6) is 0 Å². The lowest BCUT2D eigenvalue weighted by atomic mass is 10.2. The second-order valence-electron chi connectivity index (χ2n) is 5.16. The number of anilines is 1. The molecular weight excluding hydrogens is 345 g/mol. The minimum Gasteiger partial charge on any atom is -0.261 e. The lowest BCUT2D eigenvalue weighted by Gasteiger charge is -2.03. The van der Waals surface area contributed by atoms with E-state index in [4.69, 9.17) is 23.2 Å². The molecule has 0 fully saturated rings. The van der Waals surface area contributed by atoms with Crippen molar-refractivity contribution in [3.8, 4) is 0 Å². The van der Waals surface area contributed by atoms with Gasteiger partial charge in [-0.05, 0) is 36.8 Å². The molecule has 7 heteroatoms. The third-order valence-electron chi connectivity index (χ3n) is 3.39. The Kier molecular flexibility index (Phi) is 5.13. The Labute approximate surface area is 149 Å². The van der Waals surface area contributed by atoms with Crippen LogP contribution in [-0.2, 0) is 6.54 Å². The molecule has 122 valence electrons. The Hall–Kier alpha value is -2.37. The zero-order chi connectivity index (χ0) is 16.9. The van der Waals surface area contributed by atoms with E-state index in [1.165, 1.54) is 0 Å². The first-order valence-corrected chi connectivity index (χ1v) is 8.06. The molecule has 0 radical (unpaired) electrons. The summed E-state index contributed by atoms with van der Waals surface area (Å²) in [6.07, 6.45) is 3.35. The van der Waals surface area contributed by atoms with Crippen molar-refractivity contribution in [3.05, 3.63) is 75.7 Å². The first-order valence-electron chi connectivity index (χ1n) is 7.31. The molecule has 5 nitrogen and oxygen atoms in total. The van der Waals surface area contributed by atoms with Crippen molar-refractivity contribution in [3.63, 3.8) is 0 Å². The lowest BCUT2D eigenvalue weighted by Crippen LogP contribution is -2.02. The fourth-order valence-corrected chi connectivity index (χ4v) is 2.58. The predicted octanol–water partition coefficient (Wildman–Crippen LogP) is 4.39. The van der Waals surface area contributed by atoms with Gasteiger partial charge in [0.05, 0.1) is 24.0 Å². The van der Waals surface area contributed by atoms with Crippen LogP contribution in [0.3, 0.4) is 0 Å². The average Bonchev–Trinajstić information content (AvgIpc) is 2.85. The summed E-state index contributed by atoms with van der Waals surface area (Å²) >= 11 is 12.3. The summed E-state index contributed by atoms with van der Waals surface area (Å²) in [5, 5.41) is 9.88. The van der Waals surface area contributed by atoms with E-state index >= 15 is 0 Å². The van der Waals surface area contributed by atoms with E-state index in [2.05, 4.69) is 20.6 Å². The Bertz CT molecular complexity index is 841. The molecule has 0 aliphatic carbocycles. The molecule has 3 rings (SSSR count). The molecule has 0 unspecified atom stereocenters. The monoisotopic (exact) mass is 359 g/mol. The number of nitrogens with zero attached hydrogens (tertiary/aromatic N) is 4. The summed E-state index contributed by atoms with van der Waals surface area (Å²) < 4.78 is 1.74. The minimum absolute atomic E-state index is 0.536. The molecule has 24 heavy (non-hydrogen) atoms. The van der Waals surface area contributed by atoms with E-state index in [0.717, 1.165) is 16.8 Å². The van der Waals surface area contributed by atoms with Gasteiger partial charge in [0, 0.05) is 11.2 Å². The van der Waals surface area contributed by atoms with Crippen molar-refractivity contribution >= 4 is 35.2 Å². The highest BCUT2D eigenvalue weighted by molar-refractivity contribution is 6.32. The van der Waals surface area contributed by atoms with Gasteiger partial charge in [-0.2, -0.15) is 10.2 Å². The van der Waals surface area contributed by atoms with Crippen molar-refractivity contribution in [2.75, 3.05) is 5.43 Å². The topological polar surface area (TPSA) is 55.1 Å². The zero-order valence-electron chi connectivity index (χ0n) is 12.9. The standard InChI is InChI=1S/C17H15Cl2N5/c1-12-15(10-21-22-16-4-2-3-9-20-16)17(19)24(23-12)11-13-5-7-14(18)8-6-13/h2-10H,11H2,1H3,(H,20,22)/b21-10+. The highest BCUT2D eigenvalue weighted by Crippen LogP contribution is 2.20. The summed E-state index contributed by atoms with van der Waals surface area (Å²) in [6, 6.07) is 13.2. The summed E-state index contributed by atoms with van der Waals surface area (Å²) in [6.45, 7) is 2.46. The lowest BCUT2D eigenvalue weighted by molar-refractivity contribution is 0.680. The number of hydrogen-bond acceptors (Lipinski definition) is 4. The Morgan fingerprint density at radius 1 is 1.17 bits per heavy atom. The van der Waals surface area contributed by atoms with Gasteiger partial charge in [0.1, 0.15) is 11.0 Å². The maximum atomic E-state index is 6.43. The number of benzene rings is 1. The third kappa shape index (κ3) is 3.93. The van der Waals surface area contributed by atoms with E-state index in [0.29, 0.717) is 22.5 Å². The molecule has 0 atom stereocenters. The average molecular weight is 360 g/mol. The molecule has 2 heterocycles. The van der Waals surface area contributed by atoms with Gasteiger partial charge < -0.3 is 0 Å². The molecule has 0 aliphatic heterocycles. The second kappa shape index (κ2) is 7.47. The summed E-state index contributed by atoms with van der Waals surface area (Å²) in [5.74, 6) is 0.663. The van der Waals surface area contributed by atoms with Gasteiger partial charge in [-0.25, -0.2) is 9.67 Å². The third-order valence-corrected chi connectivity index (χ3v) is 4.04. The Morgan fingerprint density at radius 3 is 2.67 bits per heavy atom.